The number of anilines is 1. The number of nitrogens with one attached hydrogen (secondary N) is 2. The van der Waals surface area contributed by atoms with E-state index in [1.165, 1.54) is 12.1 Å². The summed E-state index contributed by atoms with van der Waals surface area (Å²) in [7, 11) is 0. The number of carbonyl (C=O) groups excluding carboxylic acids is 2. The summed E-state index contributed by atoms with van der Waals surface area (Å²) < 4.78 is 51.9. The number of benzene rings is 1. The van der Waals surface area contributed by atoms with Crippen LogP contribution < -0.4 is 10.6 Å². The highest BCUT2D eigenvalue weighted by molar-refractivity contribution is 6.30. The van der Waals surface area contributed by atoms with Crippen LogP contribution in [-0.4, -0.2) is 48.1 Å². The maximum Gasteiger partial charge on any atom is 0.410 e. The quantitative estimate of drug-likeness (QED) is 0.662. The molecule has 0 bridgehead atoms. The minimum absolute atomic E-state index is 0.0740. The van der Waals surface area contributed by atoms with Gasteiger partial charge in [-0.3, -0.25) is 14.5 Å². The molecule has 10 heteroatoms. The van der Waals surface area contributed by atoms with Crippen LogP contribution in [0.3, 0.4) is 0 Å². The Hall–Kier alpha value is -1.87. The van der Waals surface area contributed by atoms with Crippen LogP contribution in [0.15, 0.2) is 18.2 Å². The molecule has 1 heterocycles. The van der Waals surface area contributed by atoms with Gasteiger partial charge in [-0.25, -0.2) is 4.39 Å². The van der Waals surface area contributed by atoms with Gasteiger partial charge in [0.25, 0.3) is 0 Å². The van der Waals surface area contributed by atoms with Crippen molar-refractivity contribution in [3.05, 3.63) is 29.0 Å². The third-order valence-corrected chi connectivity index (χ3v) is 5.07. The molecule has 0 aliphatic carbocycles. The highest BCUT2D eigenvalue weighted by atomic mass is 35.5. The molecule has 1 aromatic carbocycles. The summed E-state index contributed by atoms with van der Waals surface area (Å²) in [4.78, 5) is 25.9. The Morgan fingerprint density at radius 3 is 2.31 bits per heavy atom. The monoisotopic (exact) mass is 437 g/mol. The Balaban J connectivity index is 1.76. The molecular weight excluding hydrogens is 414 g/mol. The second-order valence-electron chi connectivity index (χ2n) is 7.80. The molecule has 0 unspecified atom stereocenters. The van der Waals surface area contributed by atoms with E-state index in [1.807, 2.05) is 5.32 Å². The molecule has 1 fully saturated rings. The SMILES string of the molecule is CC(C)(NC(=O)CN1CCC(CC(=O)Nc2cc(F)cc(Cl)c2)CC1)C(F)(F)F. The van der Waals surface area contributed by atoms with Gasteiger partial charge in [0.15, 0.2) is 0 Å². The molecule has 1 saturated heterocycles. The molecule has 2 N–H and O–H groups in total. The normalized spacial score (nSPS) is 16.5. The van der Waals surface area contributed by atoms with Crippen molar-refractivity contribution in [2.45, 2.75) is 44.8 Å². The zero-order valence-electron chi connectivity index (χ0n) is 16.2. The summed E-state index contributed by atoms with van der Waals surface area (Å²) in [5.41, 5.74) is -2.01. The molecule has 0 atom stereocenters. The zero-order chi connectivity index (χ0) is 21.8. The maximum absolute atomic E-state index is 13.3. The van der Waals surface area contributed by atoms with E-state index in [4.69, 9.17) is 11.6 Å². The van der Waals surface area contributed by atoms with Crippen LogP contribution in [-0.2, 0) is 9.59 Å². The lowest BCUT2D eigenvalue weighted by atomic mass is 9.93. The lowest BCUT2D eigenvalue weighted by Crippen LogP contribution is -2.56. The van der Waals surface area contributed by atoms with Crippen molar-refractivity contribution in [2.24, 2.45) is 5.92 Å². The van der Waals surface area contributed by atoms with Crippen molar-refractivity contribution in [1.82, 2.24) is 10.2 Å². The van der Waals surface area contributed by atoms with Crippen molar-refractivity contribution in [3.8, 4) is 0 Å². The smallest absolute Gasteiger partial charge is 0.341 e. The number of carbonyl (C=O) groups is 2. The number of hydrogen-bond acceptors (Lipinski definition) is 3. The number of alkyl halides is 3. The van der Waals surface area contributed by atoms with Crippen LogP contribution in [0.25, 0.3) is 0 Å². The molecule has 2 amide bonds. The zero-order valence-corrected chi connectivity index (χ0v) is 17.0. The summed E-state index contributed by atoms with van der Waals surface area (Å²) >= 11 is 5.76. The number of amides is 2. The number of piperidine rings is 1. The predicted molar refractivity (Wildman–Crippen MR) is 102 cm³/mol. The first-order valence-electron chi connectivity index (χ1n) is 9.22. The average Bonchev–Trinajstić information content (AvgIpc) is 2.54. The van der Waals surface area contributed by atoms with Gasteiger partial charge in [0, 0.05) is 17.1 Å². The largest absolute Gasteiger partial charge is 0.410 e. The minimum Gasteiger partial charge on any atom is -0.341 e. The van der Waals surface area contributed by atoms with Gasteiger partial charge >= 0.3 is 6.18 Å². The second-order valence-corrected chi connectivity index (χ2v) is 8.24. The van der Waals surface area contributed by atoms with Crippen molar-refractivity contribution in [3.63, 3.8) is 0 Å². The summed E-state index contributed by atoms with van der Waals surface area (Å²) in [5.74, 6) is -1.43. The van der Waals surface area contributed by atoms with Gasteiger partial charge < -0.3 is 10.6 Å². The summed E-state index contributed by atoms with van der Waals surface area (Å²) in [6.07, 6.45) is -3.04. The lowest BCUT2D eigenvalue weighted by Gasteiger charge is -2.33. The van der Waals surface area contributed by atoms with E-state index in [-0.39, 0.29) is 35.5 Å². The van der Waals surface area contributed by atoms with E-state index in [1.54, 1.807) is 4.90 Å². The molecule has 2 rings (SSSR count). The van der Waals surface area contributed by atoms with E-state index in [0.29, 0.717) is 25.9 Å². The van der Waals surface area contributed by atoms with Gasteiger partial charge in [-0.15, -0.1) is 0 Å². The molecule has 162 valence electrons. The number of hydrogen-bond donors (Lipinski definition) is 2. The fourth-order valence-electron chi connectivity index (χ4n) is 3.11. The van der Waals surface area contributed by atoms with Gasteiger partial charge in [0.2, 0.25) is 11.8 Å². The average molecular weight is 438 g/mol. The van der Waals surface area contributed by atoms with Crippen molar-refractivity contribution in [2.75, 3.05) is 25.0 Å². The van der Waals surface area contributed by atoms with Crippen LogP contribution in [0.5, 0.6) is 0 Å². The van der Waals surface area contributed by atoms with Crippen LogP contribution in [0.4, 0.5) is 23.2 Å². The number of nitrogens with zero attached hydrogens (tertiary/aromatic N) is 1. The second kappa shape index (κ2) is 9.30. The van der Waals surface area contributed by atoms with Crippen LogP contribution in [0, 0.1) is 11.7 Å². The Morgan fingerprint density at radius 2 is 1.76 bits per heavy atom. The Kier molecular flexibility index (Phi) is 7.50. The van der Waals surface area contributed by atoms with Gasteiger partial charge in [-0.2, -0.15) is 13.2 Å². The first-order valence-corrected chi connectivity index (χ1v) is 9.59. The Morgan fingerprint density at radius 1 is 1.14 bits per heavy atom. The minimum atomic E-state index is -4.53. The Bertz CT molecular complexity index is 727. The highest BCUT2D eigenvalue weighted by Gasteiger charge is 2.48. The Labute approximate surface area is 171 Å². The number of likely N-dealkylation sites (tertiary alicyclic amines) is 1. The highest BCUT2D eigenvalue weighted by Crippen LogP contribution is 2.29. The summed E-state index contributed by atoms with van der Waals surface area (Å²) in [6.45, 7) is 2.72. The van der Waals surface area contributed by atoms with Gasteiger partial charge in [-0.1, -0.05) is 11.6 Å². The third-order valence-electron chi connectivity index (χ3n) is 4.86. The maximum atomic E-state index is 13.3. The summed E-state index contributed by atoms with van der Waals surface area (Å²) in [5, 5.41) is 4.80. The standard InChI is InChI=1S/C19H24ClF4N3O2/c1-18(2,19(22,23)24)26-17(29)11-27-5-3-12(4-6-27)7-16(28)25-15-9-13(20)8-14(21)10-15/h8-10,12H,3-7,11H2,1-2H3,(H,25,28)(H,26,29). The number of halogens is 5. The van der Waals surface area contributed by atoms with E-state index in [2.05, 4.69) is 5.32 Å². The molecule has 0 aromatic heterocycles. The first-order chi connectivity index (χ1) is 13.4. The molecule has 1 aliphatic rings. The van der Waals surface area contributed by atoms with Gasteiger partial charge in [0.1, 0.15) is 11.4 Å². The summed E-state index contributed by atoms with van der Waals surface area (Å²) in [6, 6.07) is 3.76. The first kappa shape index (κ1) is 23.4. The molecule has 1 aromatic rings. The van der Waals surface area contributed by atoms with Crippen molar-refractivity contribution >= 4 is 29.1 Å². The molecule has 0 saturated carbocycles. The van der Waals surface area contributed by atoms with E-state index in [0.717, 1.165) is 19.9 Å². The van der Waals surface area contributed by atoms with Crippen LogP contribution in [0.1, 0.15) is 33.1 Å². The molecule has 5 nitrogen and oxygen atoms in total. The fourth-order valence-corrected chi connectivity index (χ4v) is 3.33. The third kappa shape index (κ3) is 7.15. The van der Waals surface area contributed by atoms with Crippen LogP contribution >= 0.6 is 11.6 Å². The van der Waals surface area contributed by atoms with Crippen molar-refractivity contribution in [1.29, 1.82) is 0 Å². The number of rotatable bonds is 6. The molecule has 1 aliphatic heterocycles. The van der Waals surface area contributed by atoms with Gasteiger partial charge in [-0.05, 0) is 63.9 Å². The van der Waals surface area contributed by atoms with E-state index in [9.17, 15) is 27.2 Å². The predicted octanol–water partition coefficient (Wildman–Crippen LogP) is 3.98. The molecular formula is C19H24ClF4N3O2. The lowest BCUT2D eigenvalue weighted by molar-refractivity contribution is -0.188. The van der Waals surface area contributed by atoms with E-state index >= 15 is 0 Å². The van der Waals surface area contributed by atoms with E-state index < -0.39 is 23.4 Å². The van der Waals surface area contributed by atoms with Crippen LogP contribution in [0.2, 0.25) is 5.02 Å². The van der Waals surface area contributed by atoms with Crippen molar-refractivity contribution < 1.29 is 27.2 Å². The topological polar surface area (TPSA) is 61.4 Å². The molecule has 29 heavy (non-hydrogen) atoms. The molecule has 0 radical (unpaired) electrons. The molecule has 0 spiro atoms. The van der Waals surface area contributed by atoms with Gasteiger partial charge in [0.05, 0.1) is 6.54 Å². The fraction of sp³-hybridized carbons (Fsp3) is 0.579.